The van der Waals surface area contributed by atoms with E-state index in [1.807, 2.05) is 13.8 Å². The second-order valence-corrected chi connectivity index (χ2v) is 5.26. The minimum Gasteiger partial charge on any atom is -0.451 e. The third kappa shape index (κ3) is 4.10. The SMILES string of the molecule is C#Cc1cc(Oc2cnc(N)nc2NNC(C)=O)c(C(C)C)cn1. The largest absolute Gasteiger partial charge is 0.451 e. The molecule has 2 rings (SSSR count). The number of ether oxygens (including phenoxy) is 1. The number of hydrogen-bond donors (Lipinski definition) is 3. The number of pyridine rings is 1. The van der Waals surface area contributed by atoms with Crippen molar-refractivity contribution in [2.24, 2.45) is 0 Å². The second-order valence-electron chi connectivity index (χ2n) is 5.26. The van der Waals surface area contributed by atoms with Gasteiger partial charge >= 0.3 is 0 Å². The first kappa shape index (κ1) is 17.0. The molecule has 0 unspecified atom stereocenters. The Bertz CT molecular complexity index is 798. The molecule has 0 aliphatic carbocycles. The van der Waals surface area contributed by atoms with Gasteiger partial charge in [0.15, 0.2) is 11.6 Å². The Hall–Kier alpha value is -3.34. The lowest BCUT2D eigenvalue weighted by atomic mass is 10.0. The van der Waals surface area contributed by atoms with Gasteiger partial charge in [-0.1, -0.05) is 19.8 Å². The van der Waals surface area contributed by atoms with Crippen LogP contribution in [0, 0.1) is 12.3 Å². The van der Waals surface area contributed by atoms with Crippen LogP contribution in [0.25, 0.3) is 0 Å². The average Bonchev–Trinajstić information content (AvgIpc) is 2.54. The molecular weight excluding hydrogens is 308 g/mol. The summed E-state index contributed by atoms with van der Waals surface area (Å²) in [4.78, 5) is 23.2. The normalized spacial score (nSPS) is 10.1. The highest BCUT2D eigenvalue weighted by Gasteiger charge is 2.14. The van der Waals surface area contributed by atoms with E-state index < -0.39 is 0 Å². The van der Waals surface area contributed by atoms with Crippen LogP contribution in [0.4, 0.5) is 11.8 Å². The molecule has 2 heterocycles. The molecule has 0 aliphatic rings. The van der Waals surface area contributed by atoms with Crippen LogP contribution in [-0.4, -0.2) is 20.9 Å². The highest BCUT2D eigenvalue weighted by atomic mass is 16.5. The van der Waals surface area contributed by atoms with Crippen LogP contribution in [0.3, 0.4) is 0 Å². The maximum absolute atomic E-state index is 11.1. The molecule has 124 valence electrons. The Kier molecular flexibility index (Phi) is 5.16. The minimum atomic E-state index is -0.292. The second kappa shape index (κ2) is 7.28. The van der Waals surface area contributed by atoms with Crippen molar-refractivity contribution >= 4 is 17.7 Å². The molecule has 8 heteroatoms. The van der Waals surface area contributed by atoms with E-state index in [1.165, 1.54) is 13.1 Å². The molecule has 1 amide bonds. The number of nitrogens with zero attached hydrogens (tertiary/aromatic N) is 3. The van der Waals surface area contributed by atoms with Crippen molar-refractivity contribution in [2.45, 2.75) is 26.7 Å². The van der Waals surface area contributed by atoms with Crippen LogP contribution in [0.2, 0.25) is 0 Å². The van der Waals surface area contributed by atoms with E-state index in [4.69, 9.17) is 16.9 Å². The average molecular weight is 326 g/mol. The van der Waals surface area contributed by atoms with Crippen LogP contribution in [0.1, 0.15) is 37.9 Å². The number of carbonyl (C=O) groups is 1. The Balaban J connectivity index is 2.40. The molecule has 0 bridgehead atoms. The number of nitrogens with two attached hydrogens (primary N) is 1. The summed E-state index contributed by atoms with van der Waals surface area (Å²) in [6.45, 7) is 5.38. The number of rotatable bonds is 5. The van der Waals surface area contributed by atoms with Gasteiger partial charge in [-0.05, 0) is 5.92 Å². The Morgan fingerprint density at radius 1 is 1.33 bits per heavy atom. The summed E-state index contributed by atoms with van der Waals surface area (Å²) >= 11 is 0. The van der Waals surface area contributed by atoms with Crippen molar-refractivity contribution in [1.29, 1.82) is 0 Å². The molecule has 4 N–H and O–H groups in total. The Morgan fingerprint density at radius 2 is 2.08 bits per heavy atom. The van der Waals surface area contributed by atoms with Gasteiger partial charge in [0.25, 0.3) is 0 Å². The fourth-order valence-corrected chi connectivity index (χ4v) is 1.86. The summed E-state index contributed by atoms with van der Waals surface area (Å²) < 4.78 is 5.90. The van der Waals surface area contributed by atoms with Gasteiger partial charge in [0.05, 0.1) is 6.20 Å². The Labute approximate surface area is 139 Å². The van der Waals surface area contributed by atoms with Gasteiger partial charge in [-0.15, -0.1) is 6.42 Å². The topological polar surface area (TPSA) is 115 Å². The number of carbonyl (C=O) groups excluding carboxylic acids is 1. The van der Waals surface area contributed by atoms with Crippen LogP contribution < -0.4 is 21.3 Å². The maximum atomic E-state index is 11.1. The van der Waals surface area contributed by atoms with Gasteiger partial charge < -0.3 is 10.5 Å². The van der Waals surface area contributed by atoms with E-state index >= 15 is 0 Å². The van der Waals surface area contributed by atoms with Gasteiger partial charge in [0.2, 0.25) is 11.9 Å². The molecular formula is C16H18N6O2. The van der Waals surface area contributed by atoms with E-state index in [0.717, 1.165) is 5.56 Å². The first-order valence-electron chi connectivity index (χ1n) is 7.20. The van der Waals surface area contributed by atoms with E-state index in [0.29, 0.717) is 11.4 Å². The Morgan fingerprint density at radius 3 is 2.71 bits per heavy atom. The predicted molar refractivity (Wildman–Crippen MR) is 90.2 cm³/mol. The van der Waals surface area contributed by atoms with Crippen LogP contribution >= 0.6 is 0 Å². The molecule has 24 heavy (non-hydrogen) atoms. The maximum Gasteiger partial charge on any atom is 0.235 e. The molecule has 2 aromatic rings. The van der Waals surface area contributed by atoms with Gasteiger partial charge in [-0.2, -0.15) is 4.98 Å². The number of nitrogens with one attached hydrogen (secondary N) is 2. The zero-order chi connectivity index (χ0) is 17.7. The molecule has 8 nitrogen and oxygen atoms in total. The molecule has 0 fully saturated rings. The van der Waals surface area contributed by atoms with E-state index in [-0.39, 0.29) is 29.3 Å². The van der Waals surface area contributed by atoms with Gasteiger partial charge in [-0.25, -0.2) is 9.97 Å². The molecule has 0 radical (unpaired) electrons. The number of nitrogen functional groups attached to an aromatic ring is 1. The molecule has 0 aliphatic heterocycles. The number of terminal acetylenes is 1. The van der Waals surface area contributed by atoms with Crippen molar-refractivity contribution in [2.75, 3.05) is 11.2 Å². The molecule has 2 aromatic heterocycles. The van der Waals surface area contributed by atoms with Gasteiger partial charge in [0, 0.05) is 24.8 Å². The number of amides is 1. The van der Waals surface area contributed by atoms with Crippen LogP contribution in [0.5, 0.6) is 11.5 Å². The summed E-state index contributed by atoms with van der Waals surface area (Å²) in [6, 6.07) is 1.66. The summed E-state index contributed by atoms with van der Waals surface area (Å²) in [6.07, 6.45) is 8.48. The van der Waals surface area contributed by atoms with Gasteiger partial charge in [0.1, 0.15) is 11.4 Å². The fourth-order valence-electron chi connectivity index (χ4n) is 1.86. The first-order valence-corrected chi connectivity index (χ1v) is 7.20. The van der Waals surface area contributed by atoms with Crippen LogP contribution in [0.15, 0.2) is 18.5 Å². The quantitative estimate of drug-likeness (QED) is 0.567. The number of hydrazine groups is 1. The standard InChI is InChI=1S/C16H18N6O2/c1-5-11-6-13(12(7-18-11)9(2)3)24-14-8-19-16(17)20-15(14)22-21-10(4)23/h1,6-9H,2-4H3,(H,21,23)(H3,17,19,20,22). The third-order valence-electron chi connectivity index (χ3n) is 3.02. The predicted octanol–water partition coefficient (Wildman–Crippen LogP) is 1.81. The highest BCUT2D eigenvalue weighted by molar-refractivity contribution is 5.74. The molecule has 0 saturated heterocycles. The summed E-state index contributed by atoms with van der Waals surface area (Å²) in [5.41, 5.74) is 12.0. The molecule has 0 aromatic carbocycles. The number of hydrogen-bond acceptors (Lipinski definition) is 7. The van der Waals surface area contributed by atoms with Crippen molar-refractivity contribution in [3.8, 4) is 23.8 Å². The van der Waals surface area contributed by atoms with Crippen LogP contribution in [-0.2, 0) is 4.79 Å². The zero-order valence-electron chi connectivity index (χ0n) is 13.6. The van der Waals surface area contributed by atoms with E-state index in [2.05, 4.69) is 31.7 Å². The highest BCUT2D eigenvalue weighted by Crippen LogP contribution is 2.33. The lowest BCUT2D eigenvalue weighted by Crippen LogP contribution is -2.27. The lowest BCUT2D eigenvalue weighted by molar-refractivity contribution is -0.118. The lowest BCUT2D eigenvalue weighted by Gasteiger charge is -2.16. The van der Waals surface area contributed by atoms with Gasteiger partial charge in [-0.3, -0.25) is 15.6 Å². The number of anilines is 2. The van der Waals surface area contributed by atoms with Crippen molar-refractivity contribution < 1.29 is 9.53 Å². The van der Waals surface area contributed by atoms with E-state index in [1.54, 1.807) is 12.3 Å². The minimum absolute atomic E-state index is 0.0401. The third-order valence-corrected chi connectivity index (χ3v) is 3.02. The molecule has 0 atom stereocenters. The zero-order valence-corrected chi connectivity index (χ0v) is 13.6. The van der Waals surface area contributed by atoms with Crippen molar-refractivity contribution in [3.63, 3.8) is 0 Å². The molecule has 0 saturated carbocycles. The van der Waals surface area contributed by atoms with Crippen molar-refractivity contribution in [1.82, 2.24) is 20.4 Å². The van der Waals surface area contributed by atoms with Crippen molar-refractivity contribution in [3.05, 3.63) is 29.7 Å². The summed E-state index contributed by atoms with van der Waals surface area (Å²) in [5.74, 6) is 3.43. The summed E-state index contributed by atoms with van der Waals surface area (Å²) in [7, 11) is 0. The fraction of sp³-hybridized carbons (Fsp3) is 0.250. The first-order chi connectivity index (χ1) is 11.4. The van der Waals surface area contributed by atoms with E-state index in [9.17, 15) is 4.79 Å². The summed E-state index contributed by atoms with van der Waals surface area (Å²) in [5, 5.41) is 0. The monoisotopic (exact) mass is 326 g/mol. The number of aromatic nitrogens is 3. The molecule has 0 spiro atoms. The smallest absolute Gasteiger partial charge is 0.235 e.